The Balaban J connectivity index is 2.09. The van der Waals surface area contributed by atoms with Gasteiger partial charge in [0.25, 0.3) is 0 Å². The highest BCUT2D eigenvalue weighted by Gasteiger charge is 2.09. The summed E-state index contributed by atoms with van der Waals surface area (Å²) in [5.74, 6) is -1.01. The molecule has 0 saturated carbocycles. The van der Waals surface area contributed by atoms with Gasteiger partial charge < -0.3 is 14.9 Å². The zero-order valence-corrected chi connectivity index (χ0v) is 12.8. The molecule has 0 aliphatic heterocycles. The number of hydrogen-bond donors (Lipinski definition) is 2. The molecule has 0 saturated heterocycles. The molecule has 1 aromatic rings. The minimum absolute atomic E-state index is 0.241. The first-order valence-electron chi connectivity index (χ1n) is 7.84. The van der Waals surface area contributed by atoms with E-state index in [0.29, 0.717) is 6.61 Å². The molecule has 0 radical (unpaired) electrons. The number of ether oxygens (including phenoxy) is 1. The molecule has 2 N–H and O–H groups in total. The Hall–Kier alpha value is -1.71. The summed E-state index contributed by atoms with van der Waals surface area (Å²) >= 11 is 0. The van der Waals surface area contributed by atoms with Gasteiger partial charge in [0.05, 0.1) is 12.2 Å². The number of rotatable bonds is 10. The van der Waals surface area contributed by atoms with Crippen LogP contribution in [0.5, 0.6) is 11.5 Å². The van der Waals surface area contributed by atoms with E-state index >= 15 is 0 Å². The number of unbranched alkanes of at least 4 members (excludes halogenated alkanes) is 7. The topological polar surface area (TPSA) is 66.8 Å². The molecule has 1 aromatic carbocycles. The molecule has 4 nitrogen and oxygen atoms in total. The fourth-order valence-corrected chi connectivity index (χ4v) is 2.13. The maximum Gasteiger partial charge on any atom is 0.338 e. The average molecular weight is 294 g/mol. The van der Waals surface area contributed by atoms with E-state index in [1.54, 1.807) is 0 Å². The van der Waals surface area contributed by atoms with Gasteiger partial charge in [-0.25, -0.2) is 4.79 Å². The van der Waals surface area contributed by atoms with Gasteiger partial charge in [0, 0.05) is 0 Å². The van der Waals surface area contributed by atoms with E-state index in [2.05, 4.69) is 6.92 Å². The summed E-state index contributed by atoms with van der Waals surface area (Å²) in [5.41, 5.74) is 0.255. The van der Waals surface area contributed by atoms with Crippen molar-refractivity contribution in [1.82, 2.24) is 0 Å². The van der Waals surface area contributed by atoms with Crippen LogP contribution in [0.3, 0.4) is 0 Å². The number of benzene rings is 1. The number of hydrogen-bond acceptors (Lipinski definition) is 4. The molecule has 118 valence electrons. The normalized spacial score (nSPS) is 10.5. The summed E-state index contributed by atoms with van der Waals surface area (Å²) in [4.78, 5) is 11.7. The van der Waals surface area contributed by atoms with Gasteiger partial charge in [-0.05, 0) is 24.6 Å². The monoisotopic (exact) mass is 294 g/mol. The van der Waals surface area contributed by atoms with E-state index in [9.17, 15) is 15.0 Å². The molecule has 0 unspecified atom stereocenters. The van der Waals surface area contributed by atoms with Crippen molar-refractivity contribution < 1.29 is 19.7 Å². The molecule has 0 fully saturated rings. The number of esters is 1. The zero-order chi connectivity index (χ0) is 15.5. The molecule has 0 aliphatic rings. The van der Waals surface area contributed by atoms with Gasteiger partial charge in [0.1, 0.15) is 0 Å². The molecule has 4 heteroatoms. The number of carbonyl (C=O) groups excluding carboxylic acids is 1. The molecule has 1 rings (SSSR count). The quantitative estimate of drug-likeness (QED) is 0.381. The van der Waals surface area contributed by atoms with E-state index in [1.807, 2.05) is 0 Å². The van der Waals surface area contributed by atoms with Crippen molar-refractivity contribution >= 4 is 5.97 Å². The Bertz CT molecular complexity index is 429. The Kier molecular flexibility index (Phi) is 8.32. The second kappa shape index (κ2) is 10.1. The number of phenolic OH excluding ortho intramolecular Hbond substituents is 2. The first-order chi connectivity index (χ1) is 10.1. The van der Waals surface area contributed by atoms with Crippen molar-refractivity contribution in [1.29, 1.82) is 0 Å². The van der Waals surface area contributed by atoms with Crippen LogP contribution in [0, 0.1) is 0 Å². The van der Waals surface area contributed by atoms with Gasteiger partial charge in [-0.1, -0.05) is 51.9 Å². The number of carbonyl (C=O) groups is 1. The molecule has 0 aliphatic carbocycles. The van der Waals surface area contributed by atoms with Crippen LogP contribution >= 0.6 is 0 Å². The number of phenols is 2. The largest absolute Gasteiger partial charge is 0.504 e. The average Bonchev–Trinajstić information content (AvgIpc) is 2.48. The molecule has 0 spiro atoms. The zero-order valence-electron chi connectivity index (χ0n) is 12.8. The fraction of sp³-hybridized carbons (Fsp3) is 0.588. The van der Waals surface area contributed by atoms with Gasteiger partial charge in [-0.15, -0.1) is 0 Å². The van der Waals surface area contributed by atoms with Gasteiger partial charge in [0.2, 0.25) is 0 Å². The summed E-state index contributed by atoms with van der Waals surface area (Å²) in [6.45, 7) is 2.61. The predicted molar refractivity (Wildman–Crippen MR) is 82.7 cm³/mol. The second-order valence-corrected chi connectivity index (χ2v) is 5.31. The molecular formula is C17H26O4. The predicted octanol–water partition coefficient (Wildman–Crippen LogP) is 4.40. The summed E-state index contributed by atoms with van der Waals surface area (Å²) in [6, 6.07) is 3.93. The summed E-state index contributed by atoms with van der Waals surface area (Å²) in [5, 5.41) is 18.5. The third kappa shape index (κ3) is 7.02. The lowest BCUT2D eigenvalue weighted by molar-refractivity contribution is 0.0497. The minimum Gasteiger partial charge on any atom is -0.504 e. The van der Waals surface area contributed by atoms with Crippen LogP contribution in [-0.2, 0) is 4.74 Å². The maximum atomic E-state index is 11.7. The van der Waals surface area contributed by atoms with Crippen molar-refractivity contribution in [3.63, 3.8) is 0 Å². The smallest absolute Gasteiger partial charge is 0.338 e. The Labute approximate surface area is 126 Å². The molecule has 0 bridgehead atoms. The lowest BCUT2D eigenvalue weighted by Gasteiger charge is -2.06. The fourth-order valence-electron chi connectivity index (χ4n) is 2.13. The van der Waals surface area contributed by atoms with Crippen LogP contribution in [0.25, 0.3) is 0 Å². The Morgan fingerprint density at radius 1 is 0.952 bits per heavy atom. The molecular weight excluding hydrogens is 268 g/mol. The minimum atomic E-state index is -0.465. The van der Waals surface area contributed by atoms with Crippen molar-refractivity contribution in [3.05, 3.63) is 23.8 Å². The van der Waals surface area contributed by atoms with E-state index in [4.69, 9.17) is 4.74 Å². The van der Waals surface area contributed by atoms with E-state index < -0.39 is 5.97 Å². The van der Waals surface area contributed by atoms with Gasteiger partial charge in [-0.2, -0.15) is 0 Å². The second-order valence-electron chi connectivity index (χ2n) is 5.31. The highest BCUT2D eigenvalue weighted by atomic mass is 16.5. The summed E-state index contributed by atoms with van der Waals surface area (Å²) in [6.07, 6.45) is 9.56. The van der Waals surface area contributed by atoms with E-state index in [1.165, 1.54) is 56.7 Å². The molecule has 0 amide bonds. The standard InChI is InChI=1S/C17H26O4/c1-2-3-4-5-6-7-8-9-12-21-17(20)14-10-11-15(18)16(19)13-14/h10-11,13,18-19H,2-9,12H2,1H3. The number of aromatic hydroxyl groups is 2. The Morgan fingerprint density at radius 3 is 2.19 bits per heavy atom. The van der Waals surface area contributed by atoms with Crippen molar-refractivity contribution in [3.8, 4) is 11.5 Å². The highest BCUT2D eigenvalue weighted by Crippen LogP contribution is 2.25. The van der Waals surface area contributed by atoms with Crippen molar-refractivity contribution in [2.45, 2.75) is 58.3 Å². The van der Waals surface area contributed by atoms with Gasteiger partial charge in [-0.3, -0.25) is 0 Å². The van der Waals surface area contributed by atoms with Crippen LogP contribution < -0.4 is 0 Å². The maximum absolute atomic E-state index is 11.7. The molecule has 0 aromatic heterocycles. The van der Waals surface area contributed by atoms with Crippen molar-refractivity contribution in [2.24, 2.45) is 0 Å². The molecule has 0 atom stereocenters. The third-order valence-corrected chi connectivity index (χ3v) is 3.44. The van der Waals surface area contributed by atoms with E-state index in [0.717, 1.165) is 12.8 Å². The molecule has 0 heterocycles. The summed E-state index contributed by atoms with van der Waals surface area (Å²) in [7, 11) is 0. The summed E-state index contributed by atoms with van der Waals surface area (Å²) < 4.78 is 5.14. The van der Waals surface area contributed by atoms with Crippen LogP contribution in [0.2, 0.25) is 0 Å². The molecule has 21 heavy (non-hydrogen) atoms. The van der Waals surface area contributed by atoms with Crippen LogP contribution in [-0.4, -0.2) is 22.8 Å². The Morgan fingerprint density at radius 2 is 1.57 bits per heavy atom. The van der Waals surface area contributed by atoms with Gasteiger partial charge in [0.15, 0.2) is 11.5 Å². The third-order valence-electron chi connectivity index (χ3n) is 3.44. The van der Waals surface area contributed by atoms with Gasteiger partial charge >= 0.3 is 5.97 Å². The first-order valence-corrected chi connectivity index (χ1v) is 7.84. The van der Waals surface area contributed by atoms with Crippen LogP contribution in [0.1, 0.15) is 68.6 Å². The first kappa shape index (κ1) is 17.3. The lowest BCUT2D eigenvalue weighted by atomic mass is 10.1. The lowest BCUT2D eigenvalue weighted by Crippen LogP contribution is -2.06. The highest BCUT2D eigenvalue weighted by molar-refractivity contribution is 5.90. The SMILES string of the molecule is CCCCCCCCCCOC(=O)c1ccc(O)c(O)c1. The van der Waals surface area contributed by atoms with Crippen LogP contribution in [0.4, 0.5) is 0 Å². The van der Waals surface area contributed by atoms with Crippen LogP contribution in [0.15, 0.2) is 18.2 Å². The van der Waals surface area contributed by atoms with Crippen molar-refractivity contribution in [2.75, 3.05) is 6.61 Å². The van der Waals surface area contributed by atoms with E-state index in [-0.39, 0.29) is 17.1 Å².